The maximum absolute atomic E-state index is 14.5. The van der Waals surface area contributed by atoms with E-state index in [9.17, 15) is 18.8 Å². The second-order valence-corrected chi connectivity index (χ2v) is 9.40. The van der Waals surface area contributed by atoms with Gasteiger partial charge >= 0.3 is 0 Å². The summed E-state index contributed by atoms with van der Waals surface area (Å²) in [5.41, 5.74) is 3.32. The summed E-state index contributed by atoms with van der Waals surface area (Å²) < 4.78 is 14.5. The predicted molar refractivity (Wildman–Crippen MR) is 141 cm³/mol. The van der Waals surface area contributed by atoms with Crippen LogP contribution in [0.1, 0.15) is 44.7 Å². The number of carbonyl (C=O) groups is 3. The van der Waals surface area contributed by atoms with Gasteiger partial charge in [0.1, 0.15) is 5.82 Å². The summed E-state index contributed by atoms with van der Waals surface area (Å²) in [5.74, 6) is -1.18. The van der Waals surface area contributed by atoms with Gasteiger partial charge in [0, 0.05) is 55.7 Å². The van der Waals surface area contributed by atoms with Crippen LogP contribution in [-0.4, -0.2) is 70.0 Å². The van der Waals surface area contributed by atoms with Crippen LogP contribution in [0.2, 0.25) is 0 Å². The summed E-state index contributed by atoms with van der Waals surface area (Å²) in [6.45, 7) is 1.95. The molecule has 0 unspecified atom stereocenters. The van der Waals surface area contributed by atoms with E-state index in [2.05, 4.69) is 15.3 Å². The number of hydrogen-bond donors (Lipinski definition) is 3. The maximum atomic E-state index is 14.5. The summed E-state index contributed by atoms with van der Waals surface area (Å²) in [6.07, 6.45) is 6.13. The van der Waals surface area contributed by atoms with Gasteiger partial charge in [-0.25, -0.2) is 19.8 Å². The normalized spacial score (nSPS) is 15.6. The Balaban J connectivity index is 1.25. The fourth-order valence-electron chi connectivity index (χ4n) is 4.28. The summed E-state index contributed by atoms with van der Waals surface area (Å²) in [6, 6.07) is 13.2. The van der Waals surface area contributed by atoms with E-state index in [4.69, 9.17) is 5.21 Å². The van der Waals surface area contributed by atoms with Crippen molar-refractivity contribution in [1.82, 2.24) is 25.7 Å². The number of hydroxylamine groups is 1. The third-order valence-electron chi connectivity index (χ3n) is 6.64. The zero-order chi connectivity index (χ0) is 27.4. The second-order valence-electron chi connectivity index (χ2n) is 9.40. The summed E-state index contributed by atoms with van der Waals surface area (Å²) in [4.78, 5) is 49.4. The van der Waals surface area contributed by atoms with Crippen molar-refractivity contribution in [2.75, 3.05) is 31.1 Å². The number of nitrogens with one attached hydrogen (secondary N) is 2. The zero-order valence-electron chi connectivity index (χ0n) is 21.0. The van der Waals surface area contributed by atoms with Gasteiger partial charge in [-0.1, -0.05) is 30.3 Å². The molecule has 3 N–H and O–H groups in total. The van der Waals surface area contributed by atoms with Crippen LogP contribution in [0.3, 0.4) is 0 Å². The van der Waals surface area contributed by atoms with Gasteiger partial charge in [0.25, 0.3) is 17.7 Å². The Morgan fingerprint density at radius 1 is 0.923 bits per heavy atom. The Kier molecular flexibility index (Phi) is 7.60. The number of amides is 3. The summed E-state index contributed by atoms with van der Waals surface area (Å²) in [7, 11) is 0. The van der Waals surface area contributed by atoms with E-state index < -0.39 is 11.7 Å². The third-order valence-corrected chi connectivity index (χ3v) is 6.64. The van der Waals surface area contributed by atoms with Crippen LogP contribution in [0.5, 0.6) is 0 Å². The lowest BCUT2D eigenvalue weighted by molar-refractivity contribution is -0.115. The molecule has 39 heavy (non-hydrogen) atoms. The molecule has 0 radical (unpaired) electrons. The Hall–Kier alpha value is -4.64. The van der Waals surface area contributed by atoms with Crippen LogP contribution in [0.4, 0.5) is 10.3 Å². The first-order valence-electron chi connectivity index (χ1n) is 12.6. The Morgan fingerprint density at radius 3 is 2.21 bits per heavy atom. The molecule has 2 aliphatic rings. The molecule has 1 aromatic heterocycles. The molecular formula is C28H27FN6O4. The van der Waals surface area contributed by atoms with Crippen molar-refractivity contribution >= 4 is 35.3 Å². The van der Waals surface area contributed by atoms with Crippen molar-refractivity contribution in [3.8, 4) is 0 Å². The first-order valence-corrected chi connectivity index (χ1v) is 12.6. The van der Waals surface area contributed by atoms with Crippen LogP contribution in [-0.2, 0) is 4.79 Å². The van der Waals surface area contributed by atoms with Gasteiger partial charge < -0.3 is 15.1 Å². The zero-order valence-corrected chi connectivity index (χ0v) is 21.0. The Bertz CT molecular complexity index is 1400. The van der Waals surface area contributed by atoms with Crippen molar-refractivity contribution in [2.24, 2.45) is 0 Å². The number of nitrogens with zero attached hydrogens (tertiary/aromatic N) is 4. The molecule has 1 aliphatic carbocycles. The highest BCUT2D eigenvalue weighted by Crippen LogP contribution is 2.25. The van der Waals surface area contributed by atoms with Gasteiger partial charge in [-0.3, -0.25) is 19.6 Å². The molecule has 10 nitrogen and oxygen atoms in total. The number of halogens is 1. The smallest absolute Gasteiger partial charge is 0.277 e. The SMILES string of the molecule is O=C(NC1CC1)/C(=C\c1ccc(C(=O)N2CCN(c3ncc(C(=O)NO)cn3)CC2)cc1)c1ccccc1F. The molecule has 3 amide bonds. The highest BCUT2D eigenvalue weighted by Gasteiger charge is 2.27. The van der Waals surface area contributed by atoms with E-state index in [0.29, 0.717) is 43.3 Å². The summed E-state index contributed by atoms with van der Waals surface area (Å²) in [5, 5.41) is 11.6. The molecule has 5 rings (SSSR count). The fraction of sp³-hybridized carbons (Fsp3) is 0.250. The molecule has 2 fully saturated rings. The first-order chi connectivity index (χ1) is 18.9. The van der Waals surface area contributed by atoms with E-state index in [1.54, 1.807) is 53.4 Å². The molecule has 1 aliphatic heterocycles. The van der Waals surface area contributed by atoms with Crippen LogP contribution in [0, 0.1) is 5.82 Å². The van der Waals surface area contributed by atoms with Gasteiger partial charge in [0.15, 0.2) is 0 Å². The maximum Gasteiger partial charge on any atom is 0.277 e. The lowest BCUT2D eigenvalue weighted by atomic mass is 10.0. The van der Waals surface area contributed by atoms with Gasteiger partial charge in [0.2, 0.25) is 5.95 Å². The quantitative estimate of drug-likeness (QED) is 0.185. The molecule has 200 valence electrons. The van der Waals surface area contributed by atoms with Crippen molar-refractivity contribution in [2.45, 2.75) is 18.9 Å². The number of carbonyl (C=O) groups excluding carboxylic acids is 3. The van der Waals surface area contributed by atoms with Gasteiger partial charge in [-0.15, -0.1) is 0 Å². The van der Waals surface area contributed by atoms with Crippen LogP contribution in [0.15, 0.2) is 60.9 Å². The second kappa shape index (κ2) is 11.4. The lowest BCUT2D eigenvalue weighted by Gasteiger charge is -2.34. The Morgan fingerprint density at radius 2 is 1.59 bits per heavy atom. The van der Waals surface area contributed by atoms with Crippen molar-refractivity contribution in [3.63, 3.8) is 0 Å². The molecule has 0 atom stereocenters. The molecule has 11 heteroatoms. The third kappa shape index (κ3) is 6.10. The predicted octanol–water partition coefficient (Wildman–Crippen LogP) is 2.52. The minimum absolute atomic E-state index is 0.123. The van der Waals surface area contributed by atoms with Gasteiger partial charge in [-0.2, -0.15) is 0 Å². The number of benzene rings is 2. The molecule has 3 aromatic rings. The monoisotopic (exact) mass is 530 g/mol. The van der Waals surface area contributed by atoms with Gasteiger partial charge in [-0.05, 0) is 42.7 Å². The molecule has 0 bridgehead atoms. The van der Waals surface area contributed by atoms with E-state index in [0.717, 1.165) is 12.8 Å². The molecular weight excluding hydrogens is 503 g/mol. The lowest BCUT2D eigenvalue weighted by Crippen LogP contribution is -2.49. The summed E-state index contributed by atoms with van der Waals surface area (Å²) >= 11 is 0. The molecule has 1 saturated heterocycles. The molecule has 2 heterocycles. The first kappa shape index (κ1) is 26.0. The van der Waals surface area contributed by atoms with Gasteiger partial charge in [0.05, 0.1) is 11.1 Å². The largest absolute Gasteiger partial charge is 0.349 e. The highest BCUT2D eigenvalue weighted by molar-refractivity contribution is 6.24. The Labute approximate surface area is 224 Å². The minimum atomic E-state index is -0.691. The van der Waals surface area contributed by atoms with Crippen LogP contribution >= 0.6 is 0 Å². The van der Waals surface area contributed by atoms with Crippen LogP contribution in [0.25, 0.3) is 11.6 Å². The fourth-order valence-corrected chi connectivity index (χ4v) is 4.28. The average molecular weight is 531 g/mol. The van der Waals surface area contributed by atoms with E-state index in [1.807, 2.05) is 4.90 Å². The molecule has 2 aromatic carbocycles. The standard InChI is InChI=1S/C28H27FN6O4/c29-24-4-2-1-3-22(24)23(26(37)32-21-9-10-21)15-18-5-7-19(8-6-18)27(38)34-11-13-35(14-12-34)28-30-16-20(17-31-28)25(36)33-39/h1-8,15-17,21,39H,9-14H2,(H,32,37)(H,33,36)/b23-15-. The average Bonchev–Trinajstić information content (AvgIpc) is 3.80. The topological polar surface area (TPSA) is 128 Å². The molecule has 1 saturated carbocycles. The number of aromatic nitrogens is 2. The number of anilines is 1. The number of hydrogen-bond acceptors (Lipinski definition) is 7. The highest BCUT2D eigenvalue weighted by atomic mass is 19.1. The molecule has 0 spiro atoms. The number of rotatable bonds is 7. The van der Waals surface area contributed by atoms with E-state index in [1.165, 1.54) is 23.9 Å². The van der Waals surface area contributed by atoms with Crippen molar-refractivity contribution < 1.29 is 24.0 Å². The van der Waals surface area contributed by atoms with Crippen molar-refractivity contribution in [3.05, 3.63) is 89.0 Å². The van der Waals surface area contributed by atoms with E-state index in [-0.39, 0.29) is 34.6 Å². The minimum Gasteiger partial charge on any atom is -0.349 e. The van der Waals surface area contributed by atoms with E-state index >= 15 is 0 Å². The van der Waals surface area contributed by atoms with Crippen molar-refractivity contribution in [1.29, 1.82) is 0 Å². The number of piperazine rings is 1. The van der Waals surface area contributed by atoms with Crippen LogP contribution < -0.4 is 15.7 Å².